The lowest BCUT2D eigenvalue weighted by Gasteiger charge is -2.41. The zero-order valence-corrected chi connectivity index (χ0v) is 29.6. The molecule has 3 N–H and O–H groups in total. The fourth-order valence-corrected chi connectivity index (χ4v) is 7.10. The lowest BCUT2D eigenvalue weighted by molar-refractivity contribution is -0.128. The van der Waals surface area contributed by atoms with E-state index in [0.717, 1.165) is 41.6 Å². The Hall–Kier alpha value is -5.67. The van der Waals surface area contributed by atoms with Crippen LogP contribution >= 0.6 is 0 Å². The second-order valence-electron chi connectivity index (χ2n) is 13.0. The molecule has 2 aliphatic heterocycles. The third kappa shape index (κ3) is 8.44. The van der Waals surface area contributed by atoms with Crippen LogP contribution in [0.1, 0.15) is 65.9 Å². The number of aromatic nitrogens is 1. The summed E-state index contributed by atoms with van der Waals surface area (Å²) in [6.45, 7) is 5.61. The first-order valence-electron chi connectivity index (χ1n) is 17.8. The average molecular weight is 700 g/mol. The average Bonchev–Trinajstić information content (AvgIpc) is 3.18. The number of nitrogens with one attached hydrogen (secondary N) is 1. The summed E-state index contributed by atoms with van der Waals surface area (Å²) in [5.41, 5.74) is 9.02. The summed E-state index contributed by atoms with van der Waals surface area (Å²) >= 11 is 0. The lowest BCUT2D eigenvalue weighted by Crippen LogP contribution is -2.51. The SMILES string of the molecule is CCc1cc(-c2ccc(CCNC(=O)C3Cc4cc5c(cc4CN3C(CC)c3ccccc3)OC(c3ccc(O)cc3)CO5)cc2)ccn1.O=CO. The van der Waals surface area contributed by atoms with Gasteiger partial charge in [0.2, 0.25) is 5.91 Å². The third-order valence-corrected chi connectivity index (χ3v) is 9.81. The Kier molecular flexibility index (Phi) is 11.8. The van der Waals surface area contributed by atoms with Crippen molar-refractivity contribution < 1.29 is 29.3 Å². The number of aromatic hydroxyl groups is 1. The van der Waals surface area contributed by atoms with Crippen molar-refractivity contribution in [2.75, 3.05) is 13.2 Å². The van der Waals surface area contributed by atoms with Crippen LogP contribution in [0.2, 0.25) is 0 Å². The minimum absolute atomic E-state index is 0.0443. The molecule has 5 aromatic rings. The Bertz CT molecular complexity index is 1950. The zero-order valence-electron chi connectivity index (χ0n) is 29.6. The van der Waals surface area contributed by atoms with Crippen molar-refractivity contribution in [3.8, 4) is 28.4 Å². The van der Waals surface area contributed by atoms with Gasteiger partial charge in [0.05, 0.1) is 6.04 Å². The van der Waals surface area contributed by atoms with Gasteiger partial charge in [0.1, 0.15) is 12.4 Å². The van der Waals surface area contributed by atoms with Gasteiger partial charge in [-0.05, 0) is 101 Å². The largest absolute Gasteiger partial charge is 0.508 e. The number of fused-ring (bicyclic) bond motifs is 2. The molecule has 52 heavy (non-hydrogen) atoms. The maximum absolute atomic E-state index is 14.0. The summed E-state index contributed by atoms with van der Waals surface area (Å²) in [6.07, 6.45) is 4.73. The van der Waals surface area contributed by atoms with Crippen molar-refractivity contribution >= 4 is 12.4 Å². The van der Waals surface area contributed by atoms with E-state index < -0.39 is 0 Å². The van der Waals surface area contributed by atoms with Gasteiger partial charge in [-0.15, -0.1) is 0 Å². The van der Waals surface area contributed by atoms with E-state index in [1.807, 2.05) is 30.5 Å². The van der Waals surface area contributed by atoms with Gasteiger partial charge < -0.3 is 25.0 Å². The molecule has 9 heteroatoms. The molecule has 0 bridgehead atoms. The van der Waals surface area contributed by atoms with Crippen LogP contribution in [0, 0.1) is 0 Å². The number of carboxylic acid groups (broad SMARTS) is 1. The summed E-state index contributed by atoms with van der Waals surface area (Å²) in [7, 11) is 0. The van der Waals surface area contributed by atoms with Crippen LogP contribution in [0.5, 0.6) is 17.2 Å². The van der Waals surface area contributed by atoms with Gasteiger partial charge in [-0.1, -0.05) is 80.6 Å². The number of phenolic OH excluding ortho intramolecular Hbond substituents is 1. The molecular formula is C43H45N3O6. The molecule has 1 amide bonds. The van der Waals surface area contributed by atoms with Crippen LogP contribution in [0.25, 0.3) is 11.1 Å². The van der Waals surface area contributed by atoms with E-state index >= 15 is 0 Å². The fraction of sp³-hybridized carbons (Fsp3) is 0.279. The van der Waals surface area contributed by atoms with Gasteiger partial charge in [0.15, 0.2) is 17.6 Å². The van der Waals surface area contributed by atoms with E-state index in [9.17, 15) is 9.90 Å². The number of benzene rings is 4. The zero-order chi connectivity index (χ0) is 36.5. The van der Waals surface area contributed by atoms with Crippen molar-refractivity contribution in [3.05, 3.63) is 143 Å². The highest BCUT2D eigenvalue weighted by atomic mass is 16.6. The van der Waals surface area contributed by atoms with Gasteiger partial charge in [-0.2, -0.15) is 0 Å². The van der Waals surface area contributed by atoms with E-state index in [-0.39, 0.29) is 36.3 Å². The minimum atomic E-state index is -0.327. The molecule has 3 heterocycles. The molecule has 2 aliphatic rings. The first kappa shape index (κ1) is 36.1. The summed E-state index contributed by atoms with van der Waals surface area (Å²) in [5, 5.41) is 19.9. The second-order valence-corrected chi connectivity index (χ2v) is 13.0. The van der Waals surface area contributed by atoms with E-state index in [1.165, 1.54) is 22.3 Å². The van der Waals surface area contributed by atoms with Crippen LogP contribution in [0.15, 0.2) is 109 Å². The third-order valence-electron chi connectivity index (χ3n) is 9.81. The number of carbonyl (C=O) groups is 2. The standard InChI is InChI=1S/C42H43N3O4.CH2O2/c1-3-35-22-32(19-21-43-35)29-12-10-28(11-13-29)18-20-44-42(47)38-23-33-24-39-40(49-41(27-48-39)31-14-16-36(46)17-15-31)25-34(33)26-45(38)37(4-2)30-8-6-5-7-9-30;2-1-3/h5-17,19,21-22,24-25,37-38,41,46H,3-4,18,20,23,26-27H2,1-2H3,(H,44,47);1H,(H,2,3). The summed E-state index contributed by atoms with van der Waals surface area (Å²) in [6, 6.07) is 34.2. The van der Waals surface area contributed by atoms with Crippen molar-refractivity contribution in [2.24, 2.45) is 0 Å². The number of phenols is 1. The van der Waals surface area contributed by atoms with Crippen LogP contribution in [-0.4, -0.2) is 51.7 Å². The molecule has 7 rings (SSSR count). The van der Waals surface area contributed by atoms with Crippen molar-refractivity contribution in [1.29, 1.82) is 0 Å². The molecule has 4 aromatic carbocycles. The molecule has 9 nitrogen and oxygen atoms in total. The van der Waals surface area contributed by atoms with Gasteiger partial charge in [0, 0.05) is 31.0 Å². The summed E-state index contributed by atoms with van der Waals surface area (Å²) in [4.78, 5) is 29.2. The molecule has 0 saturated carbocycles. The van der Waals surface area contributed by atoms with Crippen LogP contribution in [0.3, 0.4) is 0 Å². The Labute approximate surface area is 304 Å². The Morgan fingerprint density at radius 3 is 2.38 bits per heavy atom. The smallest absolute Gasteiger partial charge is 0.290 e. The highest BCUT2D eigenvalue weighted by molar-refractivity contribution is 5.82. The van der Waals surface area contributed by atoms with E-state index in [2.05, 4.69) is 95.8 Å². The molecular weight excluding hydrogens is 654 g/mol. The van der Waals surface area contributed by atoms with Gasteiger partial charge >= 0.3 is 0 Å². The lowest BCUT2D eigenvalue weighted by atomic mass is 9.89. The number of nitrogens with zero attached hydrogens (tertiary/aromatic N) is 2. The predicted molar refractivity (Wildman–Crippen MR) is 200 cm³/mol. The first-order valence-corrected chi connectivity index (χ1v) is 17.8. The number of hydrogen-bond acceptors (Lipinski definition) is 7. The highest BCUT2D eigenvalue weighted by Crippen LogP contribution is 2.42. The Morgan fingerprint density at radius 2 is 1.67 bits per heavy atom. The van der Waals surface area contributed by atoms with Gasteiger partial charge in [-0.25, -0.2) is 0 Å². The molecule has 0 fully saturated rings. The maximum atomic E-state index is 14.0. The van der Waals surface area contributed by atoms with Crippen molar-refractivity contribution in [1.82, 2.24) is 15.2 Å². The molecule has 1 aromatic heterocycles. The molecule has 0 saturated heterocycles. The van der Waals surface area contributed by atoms with Gasteiger partial charge in [0.25, 0.3) is 6.47 Å². The number of rotatable bonds is 10. The van der Waals surface area contributed by atoms with Crippen molar-refractivity contribution in [2.45, 2.75) is 64.3 Å². The monoisotopic (exact) mass is 699 g/mol. The van der Waals surface area contributed by atoms with Crippen LogP contribution in [-0.2, 0) is 35.4 Å². The highest BCUT2D eigenvalue weighted by Gasteiger charge is 2.37. The second kappa shape index (κ2) is 17.0. The number of hydrogen-bond donors (Lipinski definition) is 3. The first-order chi connectivity index (χ1) is 25.4. The Morgan fingerprint density at radius 1 is 0.942 bits per heavy atom. The molecule has 3 atom stereocenters. The topological polar surface area (TPSA) is 121 Å². The van der Waals surface area contributed by atoms with Gasteiger partial charge in [-0.3, -0.25) is 19.5 Å². The van der Waals surface area contributed by atoms with E-state index in [4.69, 9.17) is 19.4 Å². The molecule has 0 aliphatic carbocycles. The number of pyridine rings is 1. The number of ether oxygens (including phenoxy) is 2. The molecule has 268 valence electrons. The van der Waals surface area contributed by atoms with Crippen LogP contribution < -0.4 is 14.8 Å². The quantitative estimate of drug-likeness (QED) is 0.129. The fourth-order valence-electron chi connectivity index (χ4n) is 7.10. The normalized spacial score (nSPS) is 16.8. The molecule has 0 radical (unpaired) electrons. The number of carbonyl (C=O) groups excluding carboxylic acids is 1. The predicted octanol–water partition coefficient (Wildman–Crippen LogP) is 7.47. The van der Waals surface area contributed by atoms with Crippen LogP contribution in [0.4, 0.5) is 0 Å². The summed E-state index contributed by atoms with van der Waals surface area (Å²) in [5.74, 6) is 1.68. The number of amides is 1. The molecule has 0 spiro atoms. The maximum Gasteiger partial charge on any atom is 0.290 e. The summed E-state index contributed by atoms with van der Waals surface area (Å²) < 4.78 is 12.6. The van der Waals surface area contributed by atoms with E-state index in [0.29, 0.717) is 37.6 Å². The minimum Gasteiger partial charge on any atom is -0.508 e. The van der Waals surface area contributed by atoms with E-state index in [1.54, 1.807) is 12.1 Å². The van der Waals surface area contributed by atoms with Crippen molar-refractivity contribution in [3.63, 3.8) is 0 Å². The molecule has 3 unspecified atom stereocenters. The number of aryl methyl sites for hydroxylation is 1. The Balaban J connectivity index is 0.00000150.